The number of nitrogens with zero attached hydrogens (tertiary/aromatic N) is 1. The zero-order valence-corrected chi connectivity index (χ0v) is 10.8. The predicted molar refractivity (Wildman–Crippen MR) is 65.5 cm³/mol. The molecule has 0 aromatic heterocycles. The van der Waals surface area contributed by atoms with Crippen LogP contribution < -0.4 is 0 Å². The van der Waals surface area contributed by atoms with Gasteiger partial charge in [0.1, 0.15) is 5.37 Å². The van der Waals surface area contributed by atoms with E-state index in [1.54, 1.807) is 0 Å². The second-order valence-corrected chi connectivity index (χ2v) is 4.96. The van der Waals surface area contributed by atoms with E-state index in [9.17, 15) is 8.42 Å². The van der Waals surface area contributed by atoms with Crippen LogP contribution in [0, 0.1) is 6.92 Å². The molecule has 0 rings (SSSR count). The summed E-state index contributed by atoms with van der Waals surface area (Å²) in [6.07, 6.45) is 4.77. The number of rotatable bonds is 9. The summed E-state index contributed by atoms with van der Waals surface area (Å²) in [6.45, 7) is 9.71. The van der Waals surface area contributed by atoms with Crippen LogP contribution in [0.15, 0.2) is 0 Å². The summed E-state index contributed by atoms with van der Waals surface area (Å²) in [4.78, 5) is 2.06. The van der Waals surface area contributed by atoms with E-state index >= 15 is 0 Å². The maximum atomic E-state index is 11.1. The molecule has 0 spiro atoms. The van der Waals surface area contributed by atoms with Gasteiger partial charge in [-0.2, -0.15) is 0 Å². The van der Waals surface area contributed by atoms with Crippen LogP contribution in [-0.2, 0) is 10.7 Å². The van der Waals surface area contributed by atoms with Gasteiger partial charge in [0.25, 0.3) is 0 Å². The van der Waals surface area contributed by atoms with Crippen molar-refractivity contribution in [3.63, 3.8) is 0 Å². The van der Waals surface area contributed by atoms with Crippen LogP contribution in [0.5, 0.6) is 0 Å². The van der Waals surface area contributed by atoms with Crippen molar-refractivity contribution in [3.05, 3.63) is 6.92 Å². The summed E-state index contributed by atoms with van der Waals surface area (Å²) in [6, 6.07) is 0. The summed E-state index contributed by atoms with van der Waals surface area (Å²) in [7, 11) is -2.37. The topological polar surface area (TPSA) is 37.4 Å². The molecule has 0 aromatic rings. The van der Waals surface area contributed by atoms with Crippen molar-refractivity contribution in [1.29, 1.82) is 0 Å². The van der Waals surface area contributed by atoms with Crippen molar-refractivity contribution >= 4 is 10.7 Å². The highest BCUT2D eigenvalue weighted by atomic mass is 32.2. The van der Waals surface area contributed by atoms with Crippen LogP contribution in [0.2, 0.25) is 0 Å². The molecule has 1 unspecified atom stereocenters. The zero-order chi connectivity index (χ0) is 11.7. The highest BCUT2D eigenvalue weighted by Gasteiger charge is 2.17. The summed E-state index contributed by atoms with van der Waals surface area (Å²) in [5.74, 6) is 0. The maximum absolute atomic E-state index is 11.1. The average molecular weight is 234 g/mol. The lowest BCUT2D eigenvalue weighted by Gasteiger charge is -2.26. The van der Waals surface area contributed by atoms with E-state index in [1.807, 2.05) is 0 Å². The summed E-state index contributed by atoms with van der Waals surface area (Å²) in [5.41, 5.74) is 0. The Labute approximate surface area is 95.8 Å². The van der Waals surface area contributed by atoms with E-state index in [1.165, 1.54) is 0 Å². The Balaban J connectivity index is 4.28. The molecule has 0 N–H and O–H groups in total. The molecule has 0 aliphatic heterocycles. The average Bonchev–Trinajstić information content (AvgIpc) is 2.21. The number of hydrogen-bond acceptors (Lipinski definition) is 3. The molecule has 0 saturated carbocycles. The molecule has 1 atom stereocenters. The van der Waals surface area contributed by atoms with E-state index < -0.39 is 10.7 Å². The van der Waals surface area contributed by atoms with Gasteiger partial charge in [-0.25, -0.2) is 8.42 Å². The Morgan fingerprint density at radius 2 is 1.60 bits per heavy atom. The van der Waals surface area contributed by atoms with E-state index in [0.717, 1.165) is 38.8 Å². The van der Waals surface area contributed by atoms with Crippen molar-refractivity contribution < 1.29 is 8.42 Å². The standard InChI is InChI=1S/C11H24NO2S/c1-4-7-9-12(10-8-5-2)11(6-3)15(13)14/h11,15H,3-10H2,1-2H3. The molecule has 0 saturated heterocycles. The van der Waals surface area contributed by atoms with Crippen LogP contribution >= 0.6 is 0 Å². The Morgan fingerprint density at radius 1 is 1.13 bits per heavy atom. The normalized spacial score (nSPS) is 13.7. The van der Waals surface area contributed by atoms with Crippen molar-refractivity contribution in [2.45, 2.75) is 51.3 Å². The van der Waals surface area contributed by atoms with Gasteiger partial charge in [-0.15, -0.1) is 0 Å². The monoisotopic (exact) mass is 234 g/mol. The molecule has 0 heterocycles. The second kappa shape index (κ2) is 9.16. The lowest BCUT2D eigenvalue weighted by molar-refractivity contribution is 0.242. The Bertz CT molecular complexity index is 201. The fourth-order valence-corrected chi connectivity index (χ4v) is 2.26. The molecule has 0 aliphatic rings. The van der Waals surface area contributed by atoms with Gasteiger partial charge < -0.3 is 0 Å². The highest BCUT2D eigenvalue weighted by Crippen LogP contribution is 2.08. The van der Waals surface area contributed by atoms with Gasteiger partial charge in [-0.1, -0.05) is 33.6 Å². The molecule has 0 fully saturated rings. The Kier molecular flexibility index (Phi) is 9.10. The molecular formula is C11H24NO2S. The zero-order valence-electron chi connectivity index (χ0n) is 9.95. The van der Waals surface area contributed by atoms with Crippen LogP contribution in [0.4, 0.5) is 0 Å². The SMILES string of the molecule is [CH2]CC(N(CCCC)CCCC)[SH](=O)=O. The fourth-order valence-electron chi connectivity index (χ4n) is 1.55. The minimum atomic E-state index is -2.37. The van der Waals surface area contributed by atoms with Gasteiger partial charge in [-0.3, -0.25) is 4.90 Å². The Hall–Kier alpha value is -0.0900. The van der Waals surface area contributed by atoms with Crippen LogP contribution in [0.3, 0.4) is 0 Å². The largest absolute Gasteiger partial charge is 0.288 e. The first-order valence-corrected chi connectivity index (χ1v) is 7.08. The number of thiol groups is 1. The minimum absolute atomic E-state index is 0.363. The highest BCUT2D eigenvalue weighted by molar-refractivity contribution is 7.73. The van der Waals surface area contributed by atoms with E-state index in [-0.39, 0.29) is 5.37 Å². The molecule has 0 aromatic carbocycles. The first kappa shape index (κ1) is 14.9. The minimum Gasteiger partial charge on any atom is -0.288 e. The molecule has 4 heteroatoms. The Morgan fingerprint density at radius 3 is 1.87 bits per heavy atom. The van der Waals surface area contributed by atoms with Crippen molar-refractivity contribution in [1.82, 2.24) is 4.90 Å². The summed E-state index contributed by atoms with van der Waals surface area (Å²) in [5, 5.41) is -0.363. The van der Waals surface area contributed by atoms with Crippen molar-refractivity contribution in [2.24, 2.45) is 0 Å². The molecule has 0 aliphatic carbocycles. The smallest absolute Gasteiger partial charge is 0.156 e. The van der Waals surface area contributed by atoms with Crippen LogP contribution in [-0.4, -0.2) is 31.8 Å². The first-order valence-electron chi connectivity index (χ1n) is 5.84. The number of hydrogen-bond donors (Lipinski definition) is 1. The summed E-state index contributed by atoms with van der Waals surface area (Å²) < 4.78 is 22.1. The van der Waals surface area contributed by atoms with Crippen molar-refractivity contribution in [2.75, 3.05) is 13.1 Å². The van der Waals surface area contributed by atoms with Gasteiger partial charge >= 0.3 is 0 Å². The predicted octanol–water partition coefficient (Wildman–Crippen LogP) is 2.05. The van der Waals surface area contributed by atoms with Crippen LogP contribution in [0.25, 0.3) is 0 Å². The fraction of sp³-hybridized carbons (Fsp3) is 0.909. The van der Waals surface area contributed by atoms with Gasteiger partial charge in [0.2, 0.25) is 0 Å². The third-order valence-corrected chi connectivity index (χ3v) is 3.59. The quantitative estimate of drug-likeness (QED) is 0.620. The lowest BCUT2D eigenvalue weighted by Crippen LogP contribution is -2.37. The molecule has 3 nitrogen and oxygen atoms in total. The van der Waals surface area contributed by atoms with E-state index in [0.29, 0.717) is 6.42 Å². The van der Waals surface area contributed by atoms with Gasteiger partial charge in [0.05, 0.1) is 0 Å². The number of unbranched alkanes of at least 4 members (excludes halogenated alkanes) is 2. The maximum Gasteiger partial charge on any atom is 0.156 e. The third-order valence-electron chi connectivity index (χ3n) is 2.52. The second-order valence-electron chi connectivity index (χ2n) is 3.80. The van der Waals surface area contributed by atoms with Crippen molar-refractivity contribution in [3.8, 4) is 0 Å². The van der Waals surface area contributed by atoms with Crippen LogP contribution in [0.1, 0.15) is 46.0 Å². The molecular weight excluding hydrogens is 210 g/mol. The molecule has 15 heavy (non-hydrogen) atoms. The van der Waals surface area contributed by atoms with Gasteiger partial charge in [-0.05, 0) is 32.4 Å². The third kappa shape index (κ3) is 6.15. The molecule has 91 valence electrons. The van der Waals surface area contributed by atoms with E-state index in [4.69, 9.17) is 0 Å². The molecule has 0 amide bonds. The van der Waals surface area contributed by atoms with E-state index in [2.05, 4.69) is 25.7 Å². The lowest BCUT2D eigenvalue weighted by atomic mass is 10.2. The summed E-state index contributed by atoms with van der Waals surface area (Å²) >= 11 is 0. The molecule has 1 radical (unpaired) electrons. The molecule has 0 bridgehead atoms. The van der Waals surface area contributed by atoms with Gasteiger partial charge in [0.15, 0.2) is 10.7 Å². The first-order chi connectivity index (χ1) is 7.17. The van der Waals surface area contributed by atoms with Gasteiger partial charge in [0, 0.05) is 0 Å².